The van der Waals surface area contributed by atoms with Crippen LogP contribution in [0.5, 0.6) is 0 Å². The van der Waals surface area contributed by atoms with E-state index < -0.39 is 51.9 Å². The van der Waals surface area contributed by atoms with Gasteiger partial charge in [-0.1, -0.05) is 66.7 Å². The lowest BCUT2D eigenvalue weighted by molar-refractivity contribution is -0.148. The molecular weight excluding hydrogens is 558 g/mol. The molecule has 1 saturated heterocycles. The van der Waals surface area contributed by atoms with Gasteiger partial charge in [-0.2, -0.15) is 8.42 Å². The molecule has 2 aromatic rings. The van der Waals surface area contributed by atoms with Crippen LogP contribution in [0.1, 0.15) is 58.6 Å². The molecule has 0 bridgehead atoms. The number of carbonyl (C=O) groups excluding carboxylic acids is 1. The third kappa shape index (κ3) is 10.2. The molecule has 1 amide bonds. The lowest BCUT2D eigenvalue weighted by atomic mass is 9.96. The standard InChI is InChI=1S/C32H45NO8S/c1-8-9-20-27(41-42(7,35)36)29(38-22-25-18-14-11-15-19-25)28(37-21-24-16-12-10-13-17-24)26-23-39-32(5,6)33(26)30(34)40-31(2,3)4/h8,10-19,26-29H,1,9,20-23H2,2-7H3/t26-,27+,28-,29-/m1/s1. The molecule has 0 aliphatic carbocycles. The SMILES string of the molecule is C=CCC[C@H](OS(C)(=O)=O)[C@@H](OCc1ccccc1)[C@H](OCc1ccccc1)[C@H]1COC(C)(C)N1C(=O)OC(C)(C)C. The molecule has 1 fully saturated rings. The zero-order chi connectivity index (χ0) is 31.0. The molecule has 2 aromatic carbocycles. The molecule has 0 N–H and O–H groups in total. The second-order valence-corrected chi connectivity index (χ2v) is 13.5. The molecule has 1 heterocycles. The minimum absolute atomic E-state index is 0.115. The Balaban J connectivity index is 2.09. The fourth-order valence-electron chi connectivity index (χ4n) is 4.89. The van der Waals surface area contributed by atoms with Crippen LogP contribution in [0.25, 0.3) is 0 Å². The van der Waals surface area contributed by atoms with Crippen LogP contribution in [0.2, 0.25) is 0 Å². The molecule has 0 radical (unpaired) electrons. The summed E-state index contributed by atoms with van der Waals surface area (Å²) in [4.78, 5) is 15.2. The quantitative estimate of drug-likeness (QED) is 0.196. The number of ether oxygens (including phenoxy) is 4. The van der Waals surface area contributed by atoms with Crippen molar-refractivity contribution in [1.82, 2.24) is 4.90 Å². The predicted octanol–water partition coefficient (Wildman–Crippen LogP) is 5.84. The Labute approximate surface area is 250 Å². The molecule has 4 atom stereocenters. The summed E-state index contributed by atoms with van der Waals surface area (Å²) >= 11 is 0. The van der Waals surface area contributed by atoms with Gasteiger partial charge in [0.05, 0.1) is 32.1 Å². The number of rotatable bonds is 14. The summed E-state index contributed by atoms with van der Waals surface area (Å²) in [5.74, 6) is 0. The minimum atomic E-state index is -3.89. The lowest BCUT2D eigenvalue weighted by Crippen LogP contribution is -2.58. The van der Waals surface area contributed by atoms with Gasteiger partial charge < -0.3 is 18.9 Å². The third-order valence-corrected chi connectivity index (χ3v) is 7.30. The number of nitrogens with zero attached hydrogens (tertiary/aromatic N) is 1. The van der Waals surface area contributed by atoms with Gasteiger partial charge >= 0.3 is 6.09 Å². The molecular formula is C32H45NO8S. The molecule has 10 heteroatoms. The van der Waals surface area contributed by atoms with E-state index in [0.717, 1.165) is 17.4 Å². The van der Waals surface area contributed by atoms with E-state index in [2.05, 4.69) is 6.58 Å². The Bertz CT molecular complexity index is 1240. The van der Waals surface area contributed by atoms with E-state index in [1.165, 1.54) is 4.90 Å². The van der Waals surface area contributed by atoms with Crippen LogP contribution in [0.15, 0.2) is 73.3 Å². The Morgan fingerprint density at radius 3 is 2.10 bits per heavy atom. The first-order chi connectivity index (χ1) is 19.7. The largest absolute Gasteiger partial charge is 0.444 e. The average molecular weight is 604 g/mol. The maximum Gasteiger partial charge on any atom is 0.412 e. The molecule has 1 aliphatic heterocycles. The fourth-order valence-corrected chi connectivity index (χ4v) is 5.54. The van der Waals surface area contributed by atoms with Crippen molar-refractivity contribution in [1.29, 1.82) is 0 Å². The van der Waals surface area contributed by atoms with Crippen molar-refractivity contribution >= 4 is 16.2 Å². The van der Waals surface area contributed by atoms with Gasteiger partial charge in [0.2, 0.25) is 0 Å². The van der Waals surface area contributed by atoms with E-state index in [9.17, 15) is 13.2 Å². The number of hydrogen-bond donors (Lipinski definition) is 0. The maximum absolute atomic E-state index is 13.6. The molecule has 42 heavy (non-hydrogen) atoms. The van der Waals surface area contributed by atoms with E-state index in [4.69, 9.17) is 23.1 Å². The molecule has 9 nitrogen and oxygen atoms in total. The van der Waals surface area contributed by atoms with Gasteiger partial charge in [0.1, 0.15) is 29.6 Å². The Morgan fingerprint density at radius 1 is 1.05 bits per heavy atom. The second kappa shape index (κ2) is 14.6. The average Bonchev–Trinajstić information content (AvgIpc) is 3.22. The van der Waals surface area contributed by atoms with Crippen LogP contribution < -0.4 is 0 Å². The topological polar surface area (TPSA) is 101 Å². The van der Waals surface area contributed by atoms with Crippen LogP contribution in [0.3, 0.4) is 0 Å². The highest BCUT2D eigenvalue weighted by Gasteiger charge is 2.52. The summed E-state index contributed by atoms with van der Waals surface area (Å²) < 4.78 is 55.6. The Kier molecular flexibility index (Phi) is 11.7. The van der Waals surface area contributed by atoms with Crippen LogP contribution >= 0.6 is 0 Å². The zero-order valence-electron chi connectivity index (χ0n) is 25.5. The first-order valence-electron chi connectivity index (χ1n) is 14.2. The summed E-state index contributed by atoms with van der Waals surface area (Å²) in [7, 11) is -3.89. The van der Waals surface area contributed by atoms with E-state index in [0.29, 0.717) is 12.8 Å². The number of hydrogen-bond acceptors (Lipinski definition) is 8. The van der Waals surface area contributed by atoms with E-state index in [1.54, 1.807) is 40.7 Å². The van der Waals surface area contributed by atoms with Crippen molar-refractivity contribution < 1.29 is 36.3 Å². The lowest BCUT2D eigenvalue weighted by Gasteiger charge is -2.41. The summed E-state index contributed by atoms with van der Waals surface area (Å²) in [6.07, 6.45) is 0.182. The number of amides is 1. The maximum atomic E-state index is 13.6. The van der Waals surface area contributed by atoms with Gasteiger partial charge in [-0.05, 0) is 58.6 Å². The second-order valence-electron chi connectivity index (χ2n) is 11.9. The van der Waals surface area contributed by atoms with Gasteiger partial charge in [-0.25, -0.2) is 4.79 Å². The van der Waals surface area contributed by atoms with Crippen molar-refractivity contribution in [2.24, 2.45) is 0 Å². The highest BCUT2D eigenvalue weighted by atomic mass is 32.2. The Hall–Kier alpha value is -2.76. The van der Waals surface area contributed by atoms with Gasteiger partial charge in [-0.3, -0.25) is 9.08 Å². The predicted molar refractivity (Wildman–Crippen MR) is 161 cm³/mol. The minimum Gasteiger partial charge on any atom is -0.444 e. The van der Waals surface area contributed by atoms with Gasteiger partial charge in [0.15, 0.2) is 0 Å². The molecule has 232 valence electrons. The molecule has 0 aromatic heterocycles. The van der Waals surface area contributed by atoms with Crippen molar-refractivity contribution in [2.75, 3.05) is 12.9 Å². The highest BCUT2D eigenvalue weighted by Crippen LogP contribution is 2.35. The monoisotopic (exact) mass is 603 g/mol. The molecule has 1 aliphatic rings. The first kappa shape index (κ1) is 33.7. The fraction of sp³-hybridized carbons (Fsp3) is 0.531. The van der Waals surface area contributed by atoms with E-state index in [-0.39, 0.29) is 19.8 Å². The van der Waals surface area contributed by atoms with Gasteiger partial charge in [0.25, 0.3) is 10.1 Å². The van der Waals surface area contributed by atoms with Crippen LogP contribution in [0.4, 0.5) is 4.79 Å². The molecule has 0 spiro atoms. The normalized spacial score (nSPS) is 19.2. The zero-order valence-corrected chi connectivity index (χ0v) is 26.3. The Morgan fingerprint density at radius 2 is 1.60 bits per heavy atom. The van der Waals surface area contributed by atoms with Crippen LogP contribution in [-0.2, 0) is 46.5 Å². The summed E-state index contributed by atoms with van der Waals surface area (Å²) in [6, 6.07) is 18.4. The highest BCUT2D eigenvalue weighted by molar-refractivity contribution is 7.86. The third-order valence-electron chi connectivity index (χ3n) is 6.70. The van der Waals surface area contributed by atoms with Crippen molar-refractivity contribution in [3.05, 3.63) is 84.4 Å². The van der Waals surface area contributed by atoms with E-state index >= 15 is 0 Å². The number of benzene rings is 2. The van der Waals surface area contributed by atoms with E-state index in [1.807, 2.05) is 60.7 Å². The summed E-state index contributed by atoms with van der Waals surface area (Å²) in [6.45, 7) is 13.2. The van der Waals surface area contributed by atoms with Crippen molar-refractivity contribution in [3.8, 4) is 0 Å². The van der Waals surface area contributed by atoms with Crippen LogP contribution in [-0.4, -0.2) is 68.0 Å². The van der Waals surface area contributed by atoms with Crippen LogP contribution in [0, 0.1) is 0 Å². The molecule has 0 unspecified atom stereocenters. The molecule has 3 rings (SSSR count). The molecule has 0 saturated carbocycles. The number of carbonyl (C=O) groups is 1. The van der Waals surface area contributed by atoms with Gasteiger partial charge in [0, 0.05) is 0 Å². The summed E-state index contributed by atoms with van der Waals surface area (Å²) in [5, 5.41) is 0. The smallest absolute Gasteiger partial charge is 0.412 e. The van der Waals surface area contributed by atoms with Crippen molar-refractivity contribution in [3.63, 3.8) is 0 Å². The van der Waals surface area contributed by atoms with Crippen molar-refractivity contribution in [2.45, 2.75) is 96.4 Å². The first-order valence-corrected chi connectivity index (χ1v) is 16.0. The number of allylic oxidation sites excluding steroid dienone is 1. The van der Waals surface area contributed by atoms with Gasteiger partial charge in [-0.15, -0.1) is 6.58 Å². The summed E-state index contributed by atoms with van der Waals surface area (Å²) in [5.41, 5.74) is 0.00577.